The SMILES string of the molecule is CCCCCC1CCC(C2CCC(C3Cc4ccc(CCC)cc4C(=O)O3)CC2)CC1. The Hall–Kier alpha value is -1.31. The van der Waals surface area contributed by atoms with Gasteiger partial charge in [0.2, 0.25) is 0 Å². The molecule has 2 heteroatoms. The fourth-order valence-electron chi connectivity index (χ4n) is 6.78. The van der Waals surface area contributed by atoms with Gasteiger partial charge in [-0.15, -0.1) is 0 Å². The lowest BCUT2D eigenvalue weighted by Gasteiger charge is -2.40. The average molecular weight is 425 g/mol. The van der Waals surface area contributed by atoms with Crippen molar-refractivity contribution in [1.82, 2.24) is 0 Å². The van der Waals surface area contributed by atoms with Crippen LogP contribution in [0.4, 0.5) is 0 Å². The van der Waals surface area contributed by atoms with Crippen LogP contribution in [0.25, 0.3) is 0 Å². The Morgan fingerprint density at radius 1 is 0.839 bits per heavy atom. The van der Waals surface area contributed by atoms with E-state index in [1.165, 1.54) is 88.2 Å². The van der Waals surface area contributed by atoms with E-state index in [-0.39, 0.29) is 12.1 Å². The van der Waals surface area contributed by atoms with Crippen LogP contribution in [0.2, 0.25) is 0 Å². The monoisotopic (exact) mass is 424 g/mol. The maximum absolute atomic E-state index is 12.7. The third-order valence-corrected chi connectivity index (χ3v) is 8.73. The fourth-order valence-corrected chi connectivity index (χ4v) is 6.78. The van der Waals surface area contributed by atoms with E-state index in [0.717, 1.165) is 42.6 Å². The zero-order valence-electron chi connectivity index (χ0n) is 20.0. The second-order valence-electron chi connectivity index (χ2n) is 10.8. The minimum absolute atomic E-state index is 0.0762. The van der Waals surface area contributed by atoms with E-state index < -0.39 is 0 Å². The molecule has 0 amide bonds. The first-order valence-electron chi connectivity index (χ1n) is 13.5. The number of cyclic esters (lactones) is 1. The largest absolute Gasteiger partial charge is 0.458 e. The first-order valence-corrected chi connectivity index (χ1v) is 13.5. The maximum Gasteiger partial charge on any atom is 0.338 e. The molecule has 0 aromatic heterocycles. The second kappa shape index (κ2) is 11.0. The van der Waals surface area contributed by atoms with Crippen molar-refractivity contribution in [3.63, 3.8) is 0 Å². The maximum atomic E-state index is 12.7. The quantitative estimate of drug-likeness (QED) is 0.313. The van der Waals surface area contributed by atoms with Crippen LogP contribution >= 0.6 is 0 Å². The Kier molecular flexibility index (Phi) is 8.13. The number of aryl methyl sites for hydroxylation is 1. The minimum atomic E-state index is -0.0762. The van der Waals surface area contributed by atoms with Gasteiger partial charge in [-0.2, -0.15) is 0 Å². The van der Waals surface area contributed by atoms with Crippen LogP contribution in [0.1, 0.15) is 119 Å². The first kappa shape index (κ1) is 22.9. The lowest BCUT2D eigenvalue weighted by molar-refractivity contribution is -0.00337. The Labute approximate surface area is 190 Å². The summed E-state index contributed by atoms with van der Waals surface area (Å²) in [6.45, 7) is 4.49. The van der Waals surface area contributed by atoms with Gasteiger partial charge in [-0.25, -0.2) is 4.79 Å². The van der Waals surface area contributed by atoms with E-state index in [4.69, 9.17) is 4.74 Å². The number of carbonyl (C=O) groups excluding carboxylic acids is 1. The summed E-state index contributed by atoms with van der Waals surface area (Å²) in [4.78, 5) is 12.7. The van der Waals surface area contributed by atoms with E-state index in [1.807, 2.05) is 0 Å². The molecule has 0 radical (unpaired) electrons. The normalized spacial score (nSPS) is 31.2. The van der Waals surface area contributed by atoms with Gasteiger partial charge < -0.3 is 4.74 Å². The summed E-state index contributed by atoms with van der Waals surface area (Å²) in [5.74, 6) is 3.39. The number of rotatable bonds is 8. The number of carbonyl (C=O) groups is 1. The molecule has 1 aliphatic heterocycles. The van der Waals surface area contributed by atoms with Gasteiger partial charge in [0.1, 0.15) is 6.10 Å². The average Bonchev–Trinajstić information content (AvgIpc) is 2.80. The van der Waals surface area contributed by atoms with Gasteiger partial charge in [-0.3, -0.25) is 0 Å². The molecule has 1 aromatic rings. The summed E-state index contributed by atoms with van der Waals surface area (Å²) >= 11 is 0. The van der Waals surface area contributed by atoms with Crippen molar-refractivity contribution >= 4 is 5.97 Å². The molecule has 1 unspecified atom stereocenters. The predicted octanol–water partition coefficient (Wildman–Crippen LogP) is 7.91. The van der Waals surface area contributed by atoms with Gasteiger partial charge in [0.25, 0.3) is 0 Å². The van der Waals surface area contributed by atoms with Gasteiger partial charge in [0, 0.05) is 6.42 Å². The molecule has 0 N–H and O–H groups in total. The summed E-state index contributed by atoms with van der Waals surface area (Å²) in [5, 5.41) is 0. The first-order chi connectivity index (χ1) is 15.2. The number of hydrogen-bond acceptors (Lipinski definition) is 2. The third-order valence-electron chi connectivity index (χ3n) is 8.73. The minimum Gasteiger partial charge on any atom is -0.458 e. The highest BCUT2D eigenvalue weighted by Crippen LogP contribution is 2.44. The number of fused-ring (bicyclic) bond motifs is 1. The lowest BCUT2D eigenvalue weighted by Crippen LogP contribution is -2.37. The van der Waals surface area contributed by atoms with Crippen molar-refractivity contribution in [2.24, 2.45) is 23.7 Å². The number of hydrogen-bond donors (Lipinski definition) is 0. The van der Waals surface area contributed by atoms with Gasteiger partial charge >= 0.3 is 5.97 Å². The van der Waals surface area contributed by atoms with Crippen LogP contribution in [-0.4, -0.2) is 12.1 Å². The van der Waals surface area contributed by atoms with Gasteiger partial charge in [-0.05, 0) is 85.8 Å². The van der Waals surface area contributed by atoms with Crippen molar-refractivity contribution in [3.05, 3.63) is 34.9 Å². The van der Waals surface area contributed by atoms with Crippen LogP contribution in [0, 0.1) is 23.7 Å². The molecule has 0 bridgehead atoms. The van der Waals surface area contributed by atoms with Crippen molar-refractivity contribution in [1.29, 1.82) is 0 Å². The Bertz CT molecular complexity index is 707. The molecule has 4 rings (SSSR count). The van der Waals surface area contributed by atoms with Crippen molar-refractivity contribution < 1.29 is 9.53 Å². The fraction of sp³-hybridized carbons (Fsp3) is 0.759. The molecule has 0 saturated heterocycles. The van der Waals surface area contributed by atoms with Gasteiger partial charge in [-0.1, -0.05) is 70.9 Å². The Balaban J connectivity index is 1.25. The second-order valence-corrected chi connectivity index (χ2v) is 10.8. The molecule has 3 aliphatic rings. The number of benzene rings is 1. The van der Waals surface area contributed by atoms with E-state index in [1.54, 1.807) is 0 Å². The van der Waals surface area contributed by atoms with Crippen LogP contribution < -0.4 is 0 Å². The van der Waals surface area contributed by atoms with Crippen LogP contribution in [0.3, 0.4) is 0 Å². The predicted molar refractivity (Wildman–Crippen MR) is 128 cm³/mol. The zero-order chi connectivity index (χ0) is 21.6. The highest BCUT2D eigenvalue weighted by atomic mass is 16.5. The molecule has 2 saturated carbocycles. The Morgan fingerprint density at radius 2 is 1.52 bits per heavy atom. The van der Waals surface area contributed by atoms with Crippen LogP contribution in [0.5, 0.6) is 0 Å². The van der Waals surface area contributed by atoms with E-state index in [2.05, 4.69) is 32.0 Å². The Morgan fingerprint density at radius 3 is 2.19 bits per heavy atom. The van der Waals surface area contributed by atoms with E-state index in [0.29, 0.717) is 5.92 Å². The third kappa shape index (κ3) is 5.74. The molecule has 1 aromatic carbocycles. The smallest absolute Gasteiger partial charge is 0.338 e. The van der Waals surface area contributed by atoms with E-state index in [9.17, 15) is 4.79 Å². The van der Waals surface area contributed by atoms with Crippen molar-refractivity contribution in [2.45, 2.75) is 116 Å². The van der Waals surface area contributed by atoms with Crippen LogP contribution in [-0.2, 0) is 17.6 Å². The standard InChI is InChI=1S/C29H44O2/c1-3-5-6-8-21-9-12-23(13-10-21)24-15-17-25(18-16-24)28-20-26-14-11-22(7-4-2)19-27(26)29(30)31-28/h11,14,19,21,23-25,28H,3-10,12-13,15-18,20H2,1-2H3. The molecule has 172 valence electrons. The summed E-state index contributed by atoms with van der Waals surface area (Å²) < 4.78 is 5.99. The molecule has 31 heavy (non-hydrogen) atoms. The number of unbranched alkanes of at least 4 members (excludes halogenated alkanes) is 2. The lowest BCUT2D eigenvalue weighted by atomic mass is 9.67. The number of esters is 1. The van der Waals surface area contributed by atoms with Crippen molar-refractivity contribution in [3.8, 4) is 0 Å². The van der Waals surface area contributed by atoms with Crippen molar-refractivity contribution in [2.75, 3.05) is 0 Å². The zero-order valence-corrected chi connectivity index (χ0v) is 20.0. The molecular formula is C29H44O2. The molecule has 0 spiro atoms. The van der Waals surface area contributed by atoms with E-state index >= 15 is 0 Å². The molecule has 2 nitrogen and oxygen atoms in total. The molecule has 2 fully saturated rings. The summed E-state index contributed by atoms with van der Waals surface area (Å²) in [6.07, 6.45) is 20.0. The topological polar surface area (TPSA) is 26.3 Å². The summed E-state index contributed by atoms with van der Waals surface area (Å²) in [7, 11) is 0. The highest BCUT2D eigenvalue weighted by Gasteiger charge is 2.37. The number of ether oxygens (including phenoxy) is 1. The van der Waals surface area contributed by atoms with Gasteiger partial charge in [0.05, 0.1) is 5.56 Å². The molecule has 1 heterocycles. The molecular weight excluding hydrogens is 380 g/mol. The summed E-state index contributed by atoms with van der Waals surface area (Å²) in [5.41, 5.74) is 3.30. The molecule has 2 aliphatic carbocycles. The molecule has 1 atom stereocenters. The highest BCUT2D eigenvalue weighted by molar-refractivity contribution is 5.92. The van der Waals surface area contributed by atoms with Gasteiger partial charge in [0.15, 0.2) is 0 Å². The summed E-state index contributed by atoms with van der Waals surface area (Å²) in [6, 6.07) is 6.48. The van der Waals surface area contributed by atoms with Crippen LogP contribution in [0.15, 0.2) is 18.2 Å².